The van der Waals surface area contributed by atoms with Crippen molar-refractivity contribution in [1.29, 1.82) is 0 Å². The second-order valence-corrected chi connectivity index (χ2v) is 5.80. The summed E-state index contributed by atoms with van der Waals surface area (Å²) in [6.45, 7) is 0.327. The molecule has 4 heteroatoms. The summed E-state index contributed by atoms with van der Waals surface area (Å²) in [5, 5.41) is 10.4. The normalized spacial score (nSPS) is 17.6. The molecular formula is C16H23NO3. The van der Waals surface area contributed by atoms with Crippen LogP contribution in [-0.4, -0.2) is 42.2 Å². The quantitative estimate of drug-likeness (QED) is 0.919. The predicted molar refractivity (Wildman–Crippen MR) is 78.0 cm³/mol. The van der Waals surface area contributed by atoms with Gasteiger partial charge in [-0.05, 0) is 37.1 Å². The van der Waals surface area contributed by atoms with E-state index < -0.39 is 5.60 Å². The fraction of sp³-hybridized carbons (Fsp3) is 0.562. The van der Waals surface area contributed by atoms with E-state index in [2.05, 4.69) is 0 Å². The van der Waals surface area contributed by atoms with Gasteiger partial charge >= 0.3 is 0 Å². The third kappa shape index (κ3) is 3.73. The van der Waals surface area contributed by atoms with Crippen LogP contribution in [0, 0.1) is 0 Å². The van der Waals surface area contributed by atoms with Crippen LogP contribution in [0.15, 0.2) is 24.3 Å². The van der Waals surface area contributed by atoms with E-state index in [1.54, 1.807) is 43.3 Å². The molecule has 0 unspecified atom stereocenters. The molecule has 1 aliphatic carbocycles. The Morgan fingerprint density at radius 1 is 1.20 bits per heavy atom. The van der Waals surface area contributed by atoms with Crippen molar-refractivity contribution in [1.82, 2.24) is 4.90 Å². The van der Waals surface area contributed by atoms with Gasteiger partial charge in [-0.1, -0.05) is 19.3 Å². The maximum atomic E-state index is 11.8. The van der Waals surface area contributed by atoms with E-state index in [0.717, 1.165) is 25.7 Å². The molecule has 0 aliphatic heterocycles. The summed E-state index contributed by atoms with van der Waals surface area (Å²) in [6, 6.07) is 7.07. The molecule has 4 nitrogen and oxygen atoms in total. The highest BCUT2D eigenvalue weighted by molar-refractivity contribution is 5.93. The van der Waals surface area contributed by atoms with Gasteiger partial charge < -0.3 is 14.7 Å². The van der Waals surface area contributed by atoms with Gasteiger partial charge in [-0.25, -0.2) is 0 Å². The molecule has 1 fully saturated rings. The Labute approximate surface area is 120 Å². The zero-order valence-electron chi connectivity index (χ0n) is 12.3. The second kappa shape index (κ2) is 6.27. The monoisotopic (exact) mass is 277 g/mol. The third-order valence-electron chi connectivity index (χ3n) is 3.80. The first-order valence-corrected chi connectivity index (χ1v) is 7.17. The summed E-state index contributed by atoms with van der Waals surface area (Å²) in [7, 11) is 3.46. The summed E-state index contributed by atoms with van der Waals surface area (Å²) < 4.78 is 5.67. The van der Waals surface area contributed by atoms with E-state index >= 15 is 0 Å². The molecular weight excluding hydrogens is 254 g/mol. The van der Waals surface area contributed by atoms with Gasteiger partial charge in [0.25, 0.3) is 5.91 Å². The lowest BCUT2D eigenvalue weighted by Gasteiger charge is -2.31. The molecule has 0 heterocycles. The number of nitrogens with zero attached hydrogens (tertiary/aromatic N) is 1. The van der Waals surface area contributed by atoms with E-state index in [-0.39, 0.29) is 5.91 Å². The Hall–Kier alpha value is -1.55. The molecule has 2 rings (SSSR count). The van der Waals surface area contributed by atoms with Crippen LogP contribution in [0.2, 0.25) is 0 Å². The van der Waals surface area contributed by atoms with Gasteiger partial charge in [0.15, 0.2) is 0 Å². The zero-order chi connectivity index (χ0) is 14.6. The minimum atomic E-state index is -0.684. The van der Waals surface area contributed by atoms with E-state index in [9.17, 15) is 9.90 Å². The minimum absolute atomic E-state index is 0.0255. The molecule has 110 valence electrons. The van der Waals surface area contributed by atoms with Gasteiger partial charge in [0.1, 0.15) is 12.4 Å². The summed E-state index contributed by atoms with van der Waals surface area (Å²) in [6.07, 6.45) is 4.95. The number of carbonyl (C=O) groups is 1. The first-order chi connectivity index (χ1) is 9.50. The topological polar surface area (TPSA) is 49.8 Å². The Morgan fingerprint density at radius 3 is 2.35 bits per heavy atom. The molecule has 1 amide bonds. The molecule has 0 atom stereocenters. The second-order valence-electron chi connectivity index (χ2n) is 5.80. The van der Waals surface area contributed by atoms with Crippen LogP contribution in [-0.2, 0) is 0 Å². The summed E-state index contributed by atoms with van der Waals surface area (Å²) in [5.74, 6) is 0.668. The van der Waals surface area contributed by atoms with Crippen LogP contribution in [0.25, 0.3) is 0 Å². The SMILES string of the molecule is CN(C)C(=O)c1ccc(OCC2(O)CCCCC2)cc1. The van der Waals surface area contributed by atoms with Gasteiger partial charge in [0.2, 0.25) is 0 Å². The largest absolute Gasteiger partial charge is 0.491 e. The van der Waals surface area contributed by atoms with Crippen molar-refractivity contribution in [3.05, 3.63) is 29.8 Å². The van der Waals surface area contributed by atoms with Gasteiger partial charge in [0, 0.05) is 19.7 Å². The molecule has 1 aromatic rings. The molecule has 0 saturated heterocycles. The van der Waals surface area contributed by atoms with Crippen molar-refractivity contribution in [3.63, 3.8) is 0 Å². The van der Waals surface area contributed by atoms with Crippen molar-refractivity contribution in [2.45, 2.75) is 37.7 Å². The van der Waals surface area contributed by atoms with Crippen LogP contribution in [0.1, 0.15) is 42.5 Å². The fourth-order valence-corrected chi connectivity index (χ4v) is 2.52. The molecule has 20 heavy (non-hydrogen) atoms. The standard InChI is InChI=1S/C16H23NO3/c1-17(2)15(18)13-6-8-14(9-7-13)20-12-16(19)10-4-3-5-11-16/h6-9,19H,3-5,10-12H2,1-2H3. The minimum Gasteiger partial charge on any atom is -0.491 e. The molecule has 0 aromatic heterocycles. The predicted octanol–water partition coefficient (Wildman–Crippen LogP) is 2.46. The Bertz CT molecular complexity index is 447. The third-order valence-corrected chi connectivity index (χ3v) is 3.80. The number of benzene rings is 1. The highest BCUT2D eigenvalue weighted by Gasteiger charge is 2.29. The first kappa shape index (κ1) is 14.9. The van der Waals surface area contributed by atoms with Crippen molar-refractivity contribution in [2.75, 3.05) is 20.7 Å². The van der Waals surface area contributed by atoms with E-state index in [1.807, 2.05) is 0 Å². The molecule has 1 saturated carbocycles. The first-order valence-electron chi connectivity index (χ1n) is 7.17. The van der Waals surface area contributed by atoms with Crippen LogP contribution < -0.4 is 4.74 Å². The lowest BCUT2D eigenvalue weighted by atomic mass is 9.85. The van der Waals surface area contributed by atoms with Crippen molar-refractivity contribution in [3.8, 4) is 5.75 Å². The van der Waals surface area contributed by atoms with E-state index in [1.165, 1.54) is 6.42 Å². The smallest absolute Gasteiger partial charge is 0.253 e. The molecule has 1 aliphatic rings. The summed E-state index contributed by atoms with van der Waals surface area (Å²) in [5.41, 5.74) is -0.0464. The van der Waals surface area contributed by atoms with E-state index in [0.29, 0.717) is 17.9 Å². The zero-order valence-corrected chi connectivity index (χ0v) is 12.3. The average molecular weight is 277 g/mol. The molecule has 0 radical (unpaired) electrons. The number of hydrogen-bond acceptors (Lipinski definition) is 3. The van der Waals surface area contributed by atoms with Gasteiger partial charge in [-0.3, -0.25) is 4.79 Å². The van der Waals surface area contributed by atoms with Gasteiger partial charge in [0.05, 0.1) is 5.60 Å². The van der Waals surface area contributed by atoms with Gasteiger partial charge in [-0.15, -0.1) is 0 Å². The van der Waals surface area contributed by atoms with Crippen LogP contribution >= 0.6 is 0 Å². The Morgan fingerprint density at radius 2 is 1.80 bits per heavy atom. The lowest BCUT2D eigenvalue weighted by molar-refractivity contribution is -0.0339. The van der Waals surface area contributed by atoms with E-state index in [4.69, 9.17) is 4.74 Å². The molecule has 0 spiro atoms. The van der Waals surface area contributed by atoms with Crippen LogP contribution in [0.5, 0.6) is 5.75 Å². The highest BCUT2D eigenvalue weighted by atomic mass is 16.5. The molecule has 1 N–H and O–H groups in total. The maximum absolute atomic E-state index is 11.8. The van der Waals surface area contributed by atoms with Crippen molar-refractivity contribution in [2.24, 2.45) is 0 Å². The Kier molecular flexibility index (Phi) is 4.65. The highest BCUT2D eigenvalue weighted by Crippen LogP contribution is 2.28. The Balaban J connectivity index is 1.92. The maximum Gasteiger partial charge on any atom is 0.253 e. The number of carbonyl (C=O) groups excluding carboxylic acids is 1. The molecule has 0 bridgehead atoms. The number of hydrogen-bond donors (Lipinski definition) is 1. The van der Waals surface area contributed by atoms with Crippen molar-refractivity contribution >= 4 is 5.91 Å². The lowest BCUT2D eigenvalue weighted by Crippen LogP contribution is -2.37. The van der Waals surface area contributed by atoms with Crippen LogP contribution in [0.3, 0.4) is 0 Å². The summed E-state index contributed by atoms with van der Waals surface area (Å²) >= 11 is 0. The number of aliphatic hydroxyl groups is 1. The number of amides is 1. The van der Waals surface area contributed by atoms with Gasteiger partial charge in [-0.2, -0.15) is 0 Å². The molecule has 1 aromatic carbocycles. The van der Waals surface area contributed by atoms with Crippen LogP contribution in [0.4, 0.5) is 0 Å². The number of ether oxygens (including phenoxy) is 1. The summed E-state index contributed by atoms with van der Waals surface area (Å²) in [4.78, 5) is 13.3. The number of rotatable bonds is 4. The van der Waals surface area contributed by atoms with Crippen molar-refractivity contribution < 1.29 is 14.6 Å². The fourth-order valence-electron chi connectivity index (χ4n) is 2.52. The average Bonchev–Trinajstić information content (AvgIpc) is 2.46.